The Balaban J connectivity index is 2.38. The molecule has 0 saturated heterocycles. The average molecular weight is 319 g/mol. The van der Waals surface area contributed by atoms with Gasteiger partial charge in [0.25, 0.3) is 0 Å². The van der Waals surface area contributed by atoms with E-state index >= 15 is 0 Å². The number of para-hydroxylation sites is 1. The van der Waals surface area contributed by atoms with E-state index in [1.165, 1.54) is 0 Å². The molecule has 1 heterocycles. The molecule has 1 aromatic heterocycles. The molecule has 2 rings (SSSR count). The Morgan fingerprint density at radius 2 is 2.00 bits per heavy atom. The monoisotopic (exact) mass is 319 g/mol. The number of rotatable bonds is 7. The van der Waals surface area contributed by atoms with Crippen LogP contribution in [-0.4, -0.2) is 41.9 Å². The van der Waals surface area contributed by atoms with E-state index in [4.69, 9.17) is 9.15 Å². The van der Waals surface area contributed by atoms with Crippen LogP contribution >= 0.6 is 0 Å². The average Bonchev–Trinajstić information content (AvgIpc) is 2.87. The van der Waals surface area contributed by atoms with Crippen LogP contribution < -0.4 is 0 Å². The van der Waals surface area contributed by atoms with Crippen molar-refractivity contribution < 1.29 is 19.1 Å². The number of aliphatic hydroxyl groups is 1. The number of benzene rings is 1. The number of aliphatic hydroxyl groups excluding tert-OH is 1. The lowest BCUT2D eigenvalue weighted by Gasteiger charge is -2.24. The molecular weight excluding hydrogens is 294 g/mol. The first kappa shape index (κ1) is 17.5. The van der Waals surface area contributed by atoms with Gasteiger partial charge in [0, 0.05) is 17.4 Å². The maximum atomic E-state index is 12.0. The van der Waals surface area contributed by atoms with Gasteiger partial charge in [-0.2, -0.15) is 0 Å². The van der Waals surface area contributed by atoms with Gasteiger partial charge in [0.2, 0.25) is 5.76 Å². The fraction of sp³-hybridized carbons (Fsp3) is 0.500. The highest BCUT2D eigenvalue weighted by atomic mass is 16.5. The quantitative estimate of drug-likeness (QED) is 0.627. The van der Waals surface area contributed by atoms with E-state index in [2.05, 4.69) is 0 Å². The third-order valence-corrected chi connectivity index (χ3v) is 4.14. The van der Waals surface area contributed by atoms with Crippen molar-refractivity contribution in [2.45, 2.75) is 40.3 Å². The highest BCUT2D eigenvalue weighted by molar-refractivity contribution is 5.96. The number of fused-ring (bicyclic) bond motifs is 1. The molecule has 0 bridgehead atoms. The molecule has 126 valence electrons. The SMILES string of the molecule is CCOC(=O)c1oc2c(CC(O)N(CC)CC)cccc2c1C. The van der Waals surface area contributed by atoms with Crippen LogP contribution in [0.4, 0.5) is 0 Å². The number of aryl methyl sites for hydroxylation is 1. The normalized spacial score (nSPS) is 12.8. The molecule has 0 radical (unpaired) electrons. The van der Waals surface area contributed by atoms with Gasteiger partial charge in [-0.15, -0.1) is 0 Å². The first-order valence-electron chi connectivity index (χ1n) is 8.13. The molecule has 0 aliphatic rings. The van der Waals surface area contributed by atoms with Crippen molar-refractivity contribution >= 4 is 16.9 Å². The second-order valence-corrected chi connectivity index (χ2v) is 5.48. The fourth-order valence-corrected chi connectivity index (χ4v) is 2.82. The standard InChI is InChI=1S/C18H25NO4/c1-5-19(6-2)15(20)11-13-9-8-10-14-12(4)16(23-17(13)14)18(21)22-7-3/h8-10,15,20H,5-7,11H2,1-4H3. The van der Waals surface area contributed by atoms with Crippen molar-refractivity contribution in [3.8, 4) is 0 Å². The van der Waals surface area contributed by atoms with Crippen LogP contribution in [0.1, 0.15) is 42.5 Å². The number of esters is 1. The number of hydrogen-bond donors (Lipinski definition) is 1. The van der Waals surface area contributed by atoms with Gasteiger partial charge >= 0.3 is 5.97 Å². The molecule has 0 aliphatic heterocycles. The Morgan fingerprint density at radius 1 is 1.30 bits per heavy atom. The van der Waals surface area contributed by atoms with Gasteiger partial charge in [0.15, 0.2) is 0 Å². The van der Waals surface area contributed by atoms with Crippen LogP contribution in [0.15, 0.2) is 22.6 Å². The Kier molecular flexibility index (Phi) is 5.80. The summed E-state index contributed by atoms with van der Waals surface area (Å²) >= 11 is 0. The van der Waals surface area contributed by atoms with E-state index in [0.717, 1.165) is 29.6 Å². The first-order chi connectivity index (χ1) is 11.0. The lowest BCUT2D eigenvalue weighted by Crippen LogP contribution is -2.36. The third-order valence-electron chi connectivity index (χ3n) is 4.14. The number of furan rings is 1. The number of hydrogen-bond acceptors (Lipinski definition) is 5. The summed E-state index contributed by atoms with van der Waals surface area (Å²) in [6, 6.07) is 5.77. The molecule has 1 unspecified atom stereocenters. The number of nitrogens with zero attached hydrogens (tertiary/aromatic N) is 1. The second kappa shape index (κ2) is 7.62. The molecule has 0 fully saturated rings. The summed E-state index contributed by atoms with van der Waals surface area (Å²) in [6.07, 6.45) is -0.124. The Morgan fingerprint density at radius 3 is 2.61 bits per heavy atom. The smallest absolute Gasteiger partial charge is 0.374 e. The van der Waals surface area contributed by atoms with Gasteiger partial charge in [-0.3, -0.25) is 4.90 Å². The van der Waals surface area contributed by atoms with E-state index in [0.29, 0.717) is 18.6 Å². The summed E-state index contributed by atoms with van der Waals surface area (Å²) in [5.41, 5.74) is 2.32. The highest BCUT2D eigenvalue weighted by Crippen LogP contribution is 2.29. The van der Waals surface area contributed by atoms with Crippen LogP contribution in [0.3, 0.4) is 0 Å². The number of likely N-dealkylation sites (N-methyl/N-ethyl adjacent to an activating group) is 1. The van der Waals surface area contributed by atoms with Gasteiger partial charge in [0.1, 0.15) is 11.8 Å². The molecule has 0 aliphatic carbocycles. The molecule has 5 heteroatoms. The summed E-state index contributed by atoms with van der Waals surface area (Å²) in [5, 5.41) is 11.3. The van der Waals surface area contributed by atoms with E-state index in [1.54, 1.807) is 6.92 Å². The summed E-state index contributed by atoms with van der Waals surface area (Å²) < 4.78 is 10.8. The molecule has 2 aromatic rings. The lowest BCUT2D eigenvalue weighted by atomic mass is 10.1. The van der Waals surface area contributed by atoms with Crippen LogP contribution in [0.5, 0.6) is 0 Å². The summed E-state index contributed by atoms with van der Waals surface area (Å²) in [6.45, 7) is 9.51. The van der Waals surface area contributed by atoms with Gasteiger partial charge < -0.3 is 14.3 Å². The van der Waals surface area contributed by atoms with Gasteiger partial charge in [-0.1, -0.05) is 32.0 Å². The summed E-state index contributed by atoms with van der Waals surface area (Å²) in [7, 11) is 0. The summed E-state index contributed by atoms with van der Waals surface area (Å²) in [5.74, 6) is -0.205. The third kappa shape index (κ3) is 3.57. The molecule has 0 amide bonds. The van der Waals surface area contributed by atoms with Gasteiger partial charge in [0.05, 0.1) is 6.61 Å². The zero-order valence-corrected chi connectivity index (χ0v) is 14.3. The molecule has 23 heavy (non-hydrogen) atoms. The topological polar surface area (TPSA) is 62.9 Å². The predicted molar refractivity (Wildman–Crippen MR) is 89.5 cm³/mol. The van der Waals surface area contributed by atoms with Crippen molar-refractivity contribution in [3.05, 3.63) is 35.1 Å². The molecule has 1 aromatic carbocycles. The van der Waals surface area contributed by atoms with Gasteiger partial charge in [-0.25, -0.2) is 4.79 Å². The van der Waals surface area contributed by atoms with Crippen molar-refractivity contribution in [2.75, 3.05) is 19.7 Å². The second-order valence-electron chi connectivity index (χ2n) is 5.48. The van der Waals surface area contributed by atoms with E-state index < -0.39 is 12.2 Å². The Bertz CT molecular complexity index is 673. The largest absolute Gasteiger partial charge is 0.460 e. The number of carbonyl (C=O) groups excluding carboxylic acids is 1. The summed E-state index contributed by atoms with van der Waals surface area (Å²) in [4.78, 5) is 14.0. The lowest BCUT2D eigenvalue weighted by molar-refractivity contribution is 0.0116. The molecule has 1 N–H and O–H groups in total. The minimum atomic E-state index is -0.577. The zero-order valence-electron chi connectivity index (χ0n) is 14.3. The van der Waals surface area contributed by atoms with Crippen molar-refractivity contribution in [1.82, 2.24) is 4.90 Å². The minimum Gasteiger partial charge on any atom is -0.460 e. The van der Waals surface area contributed by atoms with E-state index in [9.17, 15) is 9.90 Å². The first-order valence-corrected chi connectivity index (χ1v) is 8.13. The number of carbonyl (C=O) groups is 1. The highest BCUT2D eigenvalue weighted by Gasteiger charge is 2.22. The van der Waals surface area contributed by atoms with Crippen LogP contribution in [0.25, 0.3) is 11.0 Å². The Labute approximate surface area is 136 Å². The van der Waals surface area contributed by atoms with Crippen LogP contribution in [0.2, 0.25) is 0 Å². The van der Waals surface area contributed by atoms with E-state index in [1.807, 2.05) is 43.9 Å². The molecule has 0 spiro atoms. The predicted octanol–water partition coefficient (Wildman–Crippen LogP) is 3.12. The molecule has 1 atom stereocenters. The number of ether oxygens (including phenoxy) is 1. The molecule has 0 saturated carbocycles. The van der Waals surface area contributed by atoms with Crippen LogP contribution in [-0.2, 0) is 11.2 Å². The Hall–Kier alpha value is -1.85. The minimum absolute atomic E-state index is 0.242. The molecular formula is C18H25NO4. The van der Waals surface area contributed by atoms with Crippen LogP contribution in [0, 0.1) is 6.92 Å². The maximum absolute atomic E-state index is 12.0. The fourth-order valence-electron chi connectivity index (χ4n) is 2.82. The maximum Gasteiger partial charge on any atom is 0.374 e. The zero-order chi connectivity index (χ0) is 17.0. The van der Waals surface area contributed by atoms with Crippen molar-refractivity contribution in [3.63, 3.8) is 0 Å². The van der Waals surface area contributed by atoms with Crippen molar-refractivity contribution in [1.29, 1.82) is 0 Å². The van der Waals surface area contributed by atoms with Gasteiger partial charge in [-0.05, 0) is 32.5 Å². The van der Waals surface area contributed by atoms with E-state index in [-0.39, 0.29) is 5.76 Å². The van der Waals surface area contributed by atoms with Crippen molar-refractivity contribution in [2.24, 2.45) is 0 Å². The molecule has 5 nitrogen and oxygen atoms in total.